The first-order valence-electron chi connectivity index (χ1n) is 11.0. The van der Waals surface area contributed by atoms with Crippen LogP contribution in [-0.2, 0) is 14.3 Å². The molecule has 0 aliphatic heterocycles. The van der Waals surface area contributed by atoms with Crippen molar-refractivity contribution in [3.63, 3.8) is 0 Å². The van der Waals surface area contributed by atoms with Gasteiger partial charge in [0.1, 0.15) is 18.7 Å². The monoisotopic (exact) mass is 438 g/mol. The van der Waals surface area contributed by atoms with Crippen molar-refractivity contribution in [3.8, 4) is 11.1 Å². The number of benzene rings is 2. The first-order valence-corrected chi connectivity index (χ1v) is 11.0. The van der Waals surface area contributed by atoms with Gasteiger partial charge in [0.05, 0.1) is 0 Å². The zero-order valence-corrected chi connectivity index (χ0v) is 18.6. The minimum Gasteiger partial charge on any atom is -0.480 e. The van der Waals surface area contributed by atoms with Gasteiger partial charge in [-0.25, -0.2) is 9.59 Å². The predicted octanol–water partition coefficient (Wildman–Crippen LogP) is 3.92. The first-order chi connectivity index (χ1) is 15.3. The van der Waals surface area contributed by atoms with Gasteiger partial charge >= 0.3 is 12.1 Å². The van der Waals surface area contributed by atoms with Crippen molar-refractivity contribution in [2.75, 3.05) is 6.61 Å². The Morgan fingerprint density at radius 3 is 2.00 bits per heavy atom. The topological polar surface area (TPSA) is 105 Å². The number of hydrogen-bond donors (Lipinski definition) is 3. The SMILES string of the molecule is CC[C@@H](NC(=O)OCC1c2ccccc2-c2ccccc21)C(=O)NC(CC(C)C)C(=O)O. The van der Waals surface area contributed by atoms with Crippen molar-refractivity contribution in [3.05, 3.63) is 59.7 Å². The standard InChI is InChI=1S/C25H30N2O5/c1-4-21(23(28)26-22(24(29)30)13-15(2)3)27-25(31)32-14-20-18-11-7-5-9-16(18)17-10-6-8-12-19(17)20/h5-12,15,20-22H,4,13-14H2,1-3H3,(H,26,28)(H,27,31)(H,29,30)/t21-,22?/m1/s1. The quantitative estimate of drug-likeness (QED) is 0.550. The molecule has 2 aromatic carbocycles. The molecule has 0 heterocycles. The minimum atomic E-state index is -1.09. The second-order valence-corrected chi connectivity index (χ2v) is 8.46. The van der Waals surface area contributed by atoms with Crippen LogP contribution in [0.25, 0.3) is 11.1 Å². The molecule has 7 nitrogen and oxygen atoms in total. The highest BCUT2D eigenvalue weighted by molar-refractivity contribution is 5.89. The number of aliphatic carboxylic acids is 1. The largest absolute Gasteiger partial charge is 0.480 e. The zero-order chi connectivity index (χ0) is 23.3. The van der Waals surface area contributed by atoms with Crippen molar-refractivity contribution in [2.45, 2.75) is 51.6 Å². The number of carbonyl (C=O) groups is 3. The molecule has 2 atom stereocenters. The van der Waals surface area contributed by atoms with E-state index in [0.29, 0.717) is 12.8 Å². The van der Waals surface area contributed by atoms with Crippen LogP contribution in [-0.4, -0.2) is 41.8 Å². The van der Waals surface area contributed by atoms with E-state index in [9.17, 15) is 19.5 Å². The number of fused-ring (bicyclic) bond motifs is 3. The molecule has 2 amide bonds. The maximum Gasteiger partial charge on any atom is 0.407 e. The zero-order valence-electron chi connectivity index (χ0n) is 18.6. The molecular formula is C25H30N2O5. The molecule has 0 aromatic heterocycles. The van der Waals surface area contributed by atoms with Crippen LogP contribution in [0.1, 0.15) is 50.7 Å². The average molecular weight is 439 g/mol. The second kappa shape index (κ2) is 10.3. The van der Waals surface area contributed by atoms with Gasteiger partial charge in [0.25, 0.3) is 0 Å². The lowest BCUT2D eigenvalue weighted by atomic mass is 9.98. The molecule has 32 heavy (non-hydrogen) atoms. The molecule has 3 N–H and O–H groups in total. The van der Waals surface area contributed by atoms with Gasteiger partial charge in [-0.15, -0.1) is 0 Å². The van der Waals surface area contributed by atoms with E-state index in [1.807, 2.05) is 50.2 Å². The number of carboxylic acids is 1. The fourth-order valence-electron chi connectivity index (χ4n) is 4.10. The summed E-state index contributed by atoms with van der Waals surface area (Å²) in [6.45, 7) is 5.65. The molecule has 2 aromatic rings. The lowest BCUT2D eigenvalue weighted by Crippen LogP contribution is -2.51. The summed E-state index contributed by atoms with van der Waals surface area (Å²) < 4.78 is 5.49. The van der Waals surface area contributed by atoms with Crippen molar-refractivity contribution in [2.24, 2.45) is 5.92 Å². The molecule has 7 heteroatoms. The molecule has 0 bridgehead atoms. The highest BCUT2D eigenvalue weighted by Crippen LogP contribution is 2.44. The van der Waals surface area contributed by atoms with Crippen molar-refractivity contribution >= 4 is 18.0 Å². The summed E-state index contributed by atoms with van der Waals surface area (Å²) in [6.07, 6.45) is -0.0865. The molecule has 0 radical (unpaired) electrons. The number of carboxylic acid groups (broad SMARTS) is 1. The summed E-state index contributed by atoms with van der Waals surface area (Å²) in [4.78, 5) is 36.4. The van der Waals surface area contributed by atoms with Gasteiger partial charge in [-0.3, -0.25) is 4.79 Å². The van der Waals surface area contributed by atoms with Gasteiger partial charge in [-0.05, 0) is 41.0 Å². The third kappa shape index (κ3) is 5.28. The van der Waals surface area contributed by atoms with Crippen LogP contribution < -0.4 is 10.6 Å². The molecule has 1 aliphatic carbocycles. The maximum absolute atomic E-state index is 12.5. The predicted molar refractivity (Wildman–Crippen MR) is 121 cm³/mol. The number of nitrogens with one attached hydrogen (secondary N) is 2. The van der Waals surface area contributed by atoms with Crippen LogP contribution in [0.4, 0.5) is 4.79 Å². The molecule has 0 spiro atoms. The third-order valence-electron chi connectivity index (χ3n) is 5.68. The fraction of sp³-hybridized carbons (Fsp3) is 0.400. The Balaban J connectivity index is 1.61. The van der Waals surface area contributed by atoms with E-state index < -0.39 is 30.1 Å². The van der Waals surface area contributed by atoms with Gasteiger partial charge in [-0.2, -0.15) is 0 Å². The number of alkyl carbamates (subject to hydrolysis) is 1. The molecule has 0 fully saturated rings. The summed E-state index contributed by atoms with van der Waals surface area (Å²) in [6, 6.07) is 14.2. The molecular weight excluding hydrogens is 408 g/mol. The number of carbonyl (C=O) groups excluding carboxylic acids is 2. The van der Waals surface area contributed by atoms with Gasteiger partial charge in [0.2, 0.25) is 5.91 Å². The van der Waals surface area contributed by atoms with Crippen LogP contribution in [0.2, 0.25) is 0 Å². The summed E-state index contributed by atoms with van der Waals surface area (Å²) in [7, 11) is 0. The van der Waals surface area contributed by atoms with Crippen molar-refractivity contribution < 1.29 is 24.2 Å². The lowest BCUT2D eigenvalue weighted by molar-refractivity contribution is -0.142. The maximum atomic E-state index is 12.5. The number of amides is 2. The Morgan fingerprint density at radius 1 is 0.938 bits per heavy atom. The summed E-state index contributed by atoms with van der Waals surface area (Å²) in [5.74, 6) is -1.60. The molecule has 3 rings (SSSR count). The first kappa shape index (κ1) is 23.3. The average Bonchev–Trinajstić information content (AvgIpc) is 3.09. The van der Waals surface area contributed by atoms with Crippen LogP contribution in [0, 0.1) is 5.92 Å². The number of hydrogen-bond acceptors (Lipinski definition) is 4. The summed E-state index contributed by atoms with van der Waals surface area (Å²) in [5, 5.41) is 14.4. The minimum absolute atomic E-state index is 0.0792. The van der Waals surface area contributed by atoms with E-state index in [1.54, 1.807) is 6.92 Å². The highest BCUT2D eigenvalue weighted by Gasteiger charge is 2.30. The Hall–Kier alpha value is -3.35. The van der Waals surface area contributed by atoms with E-state index >= 15 is 0 Å². The molecule has 0 saturated carbocycles. The normalized spacial score (nSPS) is 14.2. The second-order valence-electron chi connectivity index (χ2n) is 8.46. The molecule has 1 aliphatic rings. The van der Waals surface area contributed by atoms with Gasteiger partial charge < -0.3 is 20.5 Å². The van der Waals surface area contributed by atoms with E-state index in [-0.39, 0.29) is 18.4 Å². The van der Waals surface area contributed by atoms with Crippen LogP contribution in [0.15, 0.2) is 48.5 Å². The summed E-state index contributed by atoms with van der Waals surface area (Å²) in [5.41, 5.74) is 4.47. The Kier molecular flexibility index (Phi) is 7.51. The Morgan fingerprint density at radius 2 is 1.50 bits per heavy atom. The van der Waals surface area contributed by atoms with Gasteiger partial charge in [0, 0.05) is 5.92 Å². The Bertz CT molecular complexity index is 942. The smallest absolute Gasteiger partial charge is 0.407 e. The number of ether oxygens (including phenoxy) is 1. The Labute approximate surface area is 188 Å². The van der Waals surface area contributed by atoms with Gasteiger partial charge in [0.15, 0.2) is 0 Å². The van der Waals surface area contributed by atoms with Crippen LogP contribution >= 0.6 is 0 Å². The van der Waals surface area contributed by atoms with Crippen molar-refractivity contribution in [1.29, 1.82) is 0 Å². The van der Waals surface area contributed by atoms with Crippen LogP contribution in [0.5, 0.6) is 0 Å². The highest BCUT2D eigenvalue weighted by atomic mass is 16.5. The third-order valence-corrected chi connectivity index (χ3v) is 5.68. The van der Waals surface area contributed by atoms with E-state index in [0.717, 1.165) is 22.3 Å². The lowest BCUT2D eigenvalue weighted by Gasteiger charge is -2.22. The summed E-state index contributed by atoms with van der Waals surface area (Å²) >= 11 is 0. The fourth-order valence-corrected chi connectivity index (χ4v) is 4.10. The van der Waals surface area contributed by atoms with E-state index in [1.165, 1.54) is 0 Å². The van der Waals surface area contributed by atoms with Crippen LogP contribution in [0.3, 0.4) is 0 Å². The molecule has 0 saturated heterocycles. The van der Waals surface area contributed by atoms with E-state index in [2.05, 4.69) is 22.8 Å². The molecule has 170 valence electrons. The van der Waals surface area contributed by atoms with Crippen molar-refractivity contribution in [1.82, 2.24) is 10.6 Å². The van der Waals surface area contributed by atoms with E-state index in [4.69, 9.17) is 4.74 Å². The molecule has 1 unspecified atom stereocenters. The number of rotatable bonds is 9. The van der Waals surface area contributed by atoms with Gasteiger partial charge in [-0.1, -0.05) is 69.3 Å².